The number of hydrogen-bond acceptors (Lipinski definition) is 5. The lowest BCUT2D eigenvalue weighted by Gasteiger charge is -2.42. The van der Waals surface area contributed by atoms with E-state index in [4.69, 9.17) is 4.74 Å². The van der Waals surface area contributed by atoms with Crippen LogP contribution in [0.4, 0.5) is 0 Å². The van der Waals surface area contributed by atoms with Gasteiger partial charge in [0.25, 0.3) is 5.91 Å². The predicted molar refractivity (Wildman–Crippen MR) is 99.2 cm³/mol. The van der Waals surface area contributed by atoms with Gasteiger partial charge in [-0.3, -0.25) is 14.5 Å². The first-order chi connectivity index (χ1) is 13.2. The van der Waals surface area contributed by atoms with Crippen LogP contribution in [0.5, 0.6) is 0 Å². The van der Waals surface area contributed by atoms with Gasteiger partial charge in [-0.05, 0) is 32.2 Å². The van der Waals surface area contributed by atoms with Crippen LogP contribution >= 0.6 is 0 Å². The van der Waals surface area contributed by atoms with Crippen molar-refractivity contribution in [3.8, 4) is 0 Å². The third kappa shape index (κ3) is 4.16. The van der Waals surface area contributed by atoms with Crippen molar-refractivity contribution in [3.63, 3.8) is 0 Å². The van der Waals surface area contributed by atoms with Crippen LogP contribution in [-0.4, -0.2) is 95.0 Å². The molecule has 1 N–H and O–H groups in total. The first-order valence-electron chi connectivity index (χ1n) is 10.1. The van der Waals surface area contributed by atoms with E-state index in [1.165, 1.54) is 0 Å². The first-order valence-corrected chi connectivity index (χ1v) is 10.1. The zero-order valence-electron chi connectivity index (χ0n) is 15.8. The lowest BCUT2D eigenvalue weighted by molar-refractivity contribution is -0.141. The molecule has 1 atom stereocenters. The molecule has 1 aromatic heterocycles. The Bertz CT molecular complexity index is 636. The molecule has 1 aromatic rings. The van der Waals surface area contributed by atoms with E-state index in [0.717, 1.165) is 65.0 Å². The Morgan fingerprint density at radius 1 is 1.04 bits per heavy atom. The number of rotatable bonds is 3. The van der Waals surface area contributed by atoms with Crippen LogP contribution in [0.25, 0.3) is 0 Å². The Hall–Kier alpha value is -1.93. The zero-order valence-corrected chi connectivity index (χ0v) is 15.8. The van der Waals surface area contributed by atoms with Crippen molar-refractivity contribution in [2.45, 2.75) is 31.7 Å². The molecule has 4 heterocycles. The molecule has 8 heteroatoms. The fraction of sp³-hybridized carbons (Fsp3) is 0.737. The molecule has 0 aliphatic carbocycles. The quantitative estimate of drug-likeness (QED) is 0.836. The van der Waals surface area contributed by atoms with Gasteiger partial charge >= 0.3 is 0 Å². The van der Waals surface area contributed by atoms with Crippen LogP contribution in [0, 0.1) is 5.92 Å². The summed E-state index contributed by atoms with van der Waals surface area (Å²) in [6.07, 6.45) is 7.28. The van der Waals surface area contributed by atoms with E-state index >= 15 is 0 Å². The van der Waals surface area contributed by atoms with E-state index in [-0.39, 0.29) is 11.8 Å². The van der Waals surface area contributed by atoms with Crippen molar-refractivity contribution in [2.75, 3.05) is 52.5 Å². The van der Waals surface area contributed by atoms with Crippen LogP contribution < -0.4 is 0 Å². The maximum Gasteiger partial charge on any atom is 0.289 e. The number of H-pyrrole nitrogens is 1. The van der Waals surface area contributed by atoms with Gasteiger partial charge in [-0.1, -0.05) is 0 Å². The Kier molecular flexibility index (Phi) is 5.73. The third-order valence-electron chi connectivity index (χ3n) is 6.09. The Labute approximate surface area is 159 Å². The minimum absolute atomic E-state index is 0.0162. The van der Waals surface area contributed by atoms with E-state index in [1.54, 1.807) is 12.4 Å². The van der Waals surface area contributed by atoms with Crippen LogP contribution in [0.1, 0.15) is 36.3 Å². The summed E-state index contributed by atoms with van der Waals surface area (Å²) >= 11 is 0. The number of morpholine rings is 1. The largest absolute Gasteiger partial charge is 0.378 e. The second-order valence-corrected chi connectivity index (χ2v) is 7.73. The molecule has 0 aromatic carbocycles. The minimum atomic E-state index is -0.0162. The van der Waals surface area contributed by atoms with Crippen molar-refractivity contribution in [1.29, 1.82) is 0 Å². The number of carbonyl (C=O) groups excluding carboxylic acids is 2. The molecule has 0 spiro atoms. The molecule has 3 aliphatic rings. The van der Waals surface area contributed by atoms with Crippen LogP contribution in [0.3, 0.4) is 0 Å². The maximum absolute atomic E-state index is 12.8. The highest BCUT2D eigenvalue weighted by molar-refractivity contribution is 5.90. The second-order valence-electron chi connectivity index (χ2n) is 7.73. The summed E-state index contributed by atoms with van der Waals surface area (Å²) in [6.45, 7) is 6.18. The van der Waals surface area contributed by atoms with E-state index < -0.39 is 0 Å². The lowest BCUT2D eigenvalue weighted by atomic mass is 9.92. The fourth-order valence-electron chi connectivity index (χ4n) is 4.55. The van der Waals surface area contributed by atoms with Gasteiger partial charge in [0, 0.05) is 51.2 Å². The molecule has 8 nitrogen and oxygen atoms in total. The molecule has 0 bridgehead atoms. The number of imidazole rings is 1. The number of nitrogens with zero attached hydrogens (tertiary/aromatic N) is 4. The van der Waals surface area contributed by atoms with Crippen LogP contribution in [0.15, 0.2) is 12.4 Å². The molecular formula is C19H29N5O3. The fourth-order valence-corrected chi connectivity index (χ4v) is 4.55. The monoisotopic (exact) mass is 375 g/mol. The highest BCUT2D eigenvalue weighted by Crippen LogP contribution is 2.25. The van der Waals surface area contributed by atoms with E-state index in [2.05, 4.69) is 14.9 Å². The first kappa shape index (κ1) is 18.4. The van der Waals surface area contributed by atoms with Gasteiger partial charge < -0.3 is 19.5 Å². The van der Waals surface area contributed by atoms with Crippen molar-refractivity contribution in [1.82, 2.24) is 24.7 Å². The molecule has 2 amide bonds. The van der Waals surface area contributed by atoms with E-state index in [0.29, 0.717) is 31.0 Å². The molecule has 0 radical (unpaired) electrons. The number of aromatic amines is 1. The predicted octanol–water partition coefficient (Wildman–Crippen LogP) is 0.585. The van der Waals surface area contributed by atoms with Gasteiger partial charge in [0.1, 0.15) is 0 Å². The maximum atomic E-state index is 12.8. The number of ether oxygens (including phenoxy) is 1. The number of aromatic nitrogens is 2. The van der Waals surface area contributed by atoms with Crippen molar-refractivity contribution in [3.05, 3.63) is 18.2 Å². The Morgan fingerprint density at radius 3 is 2.52 bits per heavy atom. The zero-order chi connectivity index (χ0) is 18.6. The summed E-state index contributed by atoms with van der Waals surface area (Å²) in [6, 6.07) is 0.464. The smallest absolute Gasteiger partial charge is 0.289 e. The summed E-state index contributed by atoms with van der Waals surface area (Å²) < 4.78 is 5.37. The highest BCUT2D eigenvalue weighted by atomic mass is 16.5. The van der Waals surface area contributed by atoms with E-state index in [1.807, 2.05) is 9.80 Å². The summed E-state index contributed by atoms with van der Waals surface area (Å²) in [7, 11) is 0. The molecule has 0 unspecified atom stereocenters. The lowest BCUT2D eigenvalue weighted by Crippen LogP contribution is -2.53. The summed E-state index contributed by atoms with van der Waals surface area (Å²) in [5, 5.41) is 0. The van der Waals surface area contributed by atoms with Crippen LogP contribution in [0.2, 0.25) is 0 Å². The molecule has 0 saturated carbocycles. The number of piperidine rings is 2. The summed E-state index contributed by atoms with van der Waals surface area (Å²) in [5.41, 5.74) is 0. The molecule has 4 rings (SSSR count). The van der Waals surface area contributed by atoms with Gasteiger partial charge in [0.15, 0.2) is 5.82 Å². The number of nitrogens with one attached hydrogen (secondary N) is 1. The number of amides is 2. The molecule has 3 saturated heterocycles. The van der Waals surface area contributed by atoms with Gasteiger partial charge in [-0.25, -0.2) is 4.98 Å². The normalized spacial score (nSPS) is 25.6. The molecule has 3 fully saturated rings. The van der Waals surface area contributed by atoms with E-state index in [9.17, 15) is 9.59 Å². The van der Waals surface area contributed by atoms with Gasteiger partial charge in [-0.2, -0.15) is 0 Å². The molecule has 148 valence electrons. The van der Waals surface area contributed by atoms with Crippen molar-refractivity contribution in [2.24, 2.45) is 5.92 Å². The summed E-state index contributed by atoms with van der Waals surface area (Å²) in [5.74, 6) is 0.813. The second kappa shape index (κ2) is 8.39. The number of likely N-dealkylation sites (tertiary alicyclic amines) is 2. The van der Waals surface area contributed by atoms with Crippen molar-refractivity contribution < 1.29 is 14.3 Å². The van der Waals surface area contributed by atoms with Crippen molar-refractivity contribution >= 4 is 11.8 Å². The molecular weight excluding hydrogens is 346 g/mol. The van der Waals surface area contributed by atoms with Gasteiger partial charge in [0.05, 0.1) is 19.1 Å². The number of hydrogen-bond donors (Lipinski definition) is 1. The SMILES string of the molecule is O=C(c1ncc[nH]1)N1CCC(N2CCC[C@@H](C(=O)N3CCOCC3)C2)CC1. The third-order valence-corrected chi connectivity index (χ3v) is 6.09. The Morgan fingerprint density at radius 2 is 1.81 bits per heavy atom. The highest BCUT2D eigenvalue weighted by Gasteiger charge is 2.34. The van der Waals surface area contributed by atoms with Gasteiger partial charge in [-0.15, -0.1) is 0 Å². The summed E-state index contributed by atoms with van der Waals surface area (Å²) in [4.78, 5) is 38.6. The average Bonchev–Trinajstić information content (AvgIpc) is 3.28. The standard InChI is InChI=1S/C19H29N5O3/c25-18(23-10-12-27-13-11-23)15-2-1-7-24(14-15)16-3-8-22(9-4-16)19(26)17-20-5-6-21-17/h5-6,15-16H,1-4,7-14H2,(H,20,21)/t15-/m1/s1. The topological polar surface area (TPSA) is 81.8 Å². The minimum Gasteiger partial charge on any atom is -0.378 e. The average molecular weight is 375 g/mol. The molecule has 27 heavy (non-hydrogen) atoms. The Balaban J connectivity index is 1.29. The molecule has 3 aliphatic heterocycles. The van der Waals surface area contributed by atoms with Gasteiger partial charge in [0.2, 0.25) is 5.91 Å². The van der Waals surface area contributed by atoms with Crippen LogP contribution in [-0.2, 0) is 9.53 Å². The number of carbonyl (C=O) groups is 2.